The molecule has 1 saturated heterocycles. The van der Waals surface area contributed by atoms with Crippen molar-refractivity contribution >= 4 is 0 Å². The summed E-state index contributed by atoms with van der Waals surface area (Å²) < 4.78 is 16.2. The molecule has 9 nitrogen and oxygen atoms in total. The third kappa shape index (κ3) is 4.82. The minimum absolute atomic E-state index is 0.0645. The van der Waals surface area contributed by atoms with E-state index in [1.54, 1.807) is 6.20 Å². The van der Waals surface area contributed by atoms with Gasteiger partial charge in [0.25, 0.3) is 0 Å². The van der Waals surface area contributed by atoms with Crippen molar-refractivity contribution in [2.24, 2.45) is 0 Å². The highest BCUT2D eigenvalue weighted by atomic mass is 16.7. The van der Waals surface area contributed by atoms with Crippen molar-refractivity contribution in [1.29, 1.82) is 0 Å². The van der Waals surface area contributed by atoms with Crippen LogP contribution in [0.1, 0.15) is 23.6 Å². The van der Waals surface area contributed by atoms with E-state index < -0.39 is 37.3 Å². The Balaban J connectivity index is 1.84. The van der Waals surface area contributed by atoms with E-state index in [-0.39, 0.29) is 11.9 Å². The number of ether oxygens (including phenoxy) is 3. The molecule has 1 aliphatic heterocycles. The Morgan fingerprint density at radius 1 is 1.03 bits per heavy atom. The molecule has 4 N–H and O–H groups in total. The van der Waals surface area contributed by atoms with Crippen LogP contribution in [-0.2, 0) is 17.6 Å². The van der Waals surface area contributed by atoms with Crippen molar-refractivity contribution in [1.82, 2.24) is 9.97 Å². The zero-order valence-electron chi connectivity index (χ0n) is 16.3. The highest BCUT2D eigenvalue weighted by Crippen LogP contribution is 2.27. The lowest BCUT2D eigenvalue weighted by atomic mass is 9.99. The standard InChI is InChI=1S/C20H26N2O7/c1-3-11-4-6-12(7-5-11)8-13-9-21-20(27-2)22-18(13)29-19-17(26)16(25)15(24)14(10-23)28-19/h4-7,9,14-17,19,23-26H,3,8,10H2,1-2H3. The first-order valence-corrected chi connectivity index (χ1v) is 9.41. The highest BCUT2D eigenvalue weighted by Gasteiger charge is 2.45. The molecular formula is C20H26N2O7. The van der Waals surface area contributed by atoms with Crippen molar-refractivity contribution in [3.63, 3.8) is 0 Å². The topological polar surface area (TPSA) is 134 Å². The number of methoxy groups -OCH3 is 1. The Labute approximate surface area is 168 Å². The van der Waals surface area contributed by atoms with Crippen LogP contribution in [0.15, 0.2) is 30.5 Å². The lowest BCUT2D eigenvalue weighted by molar-refractivity contribution is -0.278. The summed E-state index contributed by atoms with van der Waals surface area (Å²) in [6.45, 7) is 1.54. The van der Waals surface area contributed by atoms with Crippen LogP contribution in [0.3, 0.4) is 0 Å². The smallest absolute Gasteiger partial charge is 0.319 e. The number of aryl methyl sites for hydroxylation is 1. The minimum atomic E-state index is -1.54. The van der Waals surface area contributed by atoms with E-state index in [1.165, 1.54) is 12.7 Å². The lowest BCUT2D eigenvalue weighted by Gasteiger charge is -2.39. The van der Waals surface area contributed by atoms with E-state index in [4.69, 9.17) is 14.2 Å². The second-order valence-corrected chi connectivity index (χ2v) is 6.85. The maximum absolute atomic E-state index is 10.2. The van der Waals surface area contributed by atoms with Crippen LogP contribution >= 0.6 is 0 Å². The number of rotatable bonds is 7. The summed E-state index contributed by atoms with van der Waals surface area (Å²) in [5.74, 6) is 0.112. The van der Waals surface area contributed by atoms with Gasteiger partial charge >= 0.3 is 6.01 Å². The molecule has 5 atom stereocenters. The van der Waals surface area contributed by atoms with Crippen LogP contribution in [0.2, 0.25) is 0 Å². The van der Waals surface area contributed by atoms with Gasteiger partial charge in [0.2, 0.25) is 12.2 Å². The van der Waals surface area contributed by atoms with Crippen molar-refractivity contribution in [3.8, 4) is 11.9 Å². The fourth-order valence-corrected chi connectivity index (χ4v) is 3.09. The Kier molecular flexibility index (Phi) is 6.99. The number of aliphatic hydroxyl groups excluding tert-OH is 4. The number of hydrogen-bond acceptors (Lipinski definition) is 9. The van der Waals surface area contributed by atoms with E-state index in [2.05, 4.69) is 16.9 Å². The van der Waals surface area contributed by atoms with Gasteiger partial charge in [-0.3, -0.25) is 0 Å². The number of benzene rings is 1. The van der Waals surface area contributed by atoms with Gasteiger partial charge < -0.3 is 34.6 Å². The quantitative estimate of drug-likeness (QED) is 0.494. The molecule has 0 saturated carbocycles. The maximum Gasteiger partial charge on any atom is 0.319 e. The number of aromatic nitrogens is 2. The predicted octanol–water partition coefficient (Wildman–Crippen LogP) is -0.183. The first-order valence-electron chi connectivity index (χ1n) is 9.41. The van der Waals surface area contributed by atoms with Gasteiger partial charge in [0, 0.05) is 18.2 Å². The van der Waals surface area contributed by atoms with Gasteiger partial charge in [-0.25, -0.2) is 4.98 Å². The van der Waals surface area contributed by atoms with Crippen LogP contribution in [0.4, 0.5) is 0 Å². The zero-order chi connectivity index (χ0) is 21.0. The molecule has 158 valence electrons. The molecule has 0 bridgehead atoms. The second-order valence-electron chi connectivity index (χ2n) is 6.85. The molecule has 0 radical (unpaired) electrons. The Bertz CT molecular complexity index is 800. The van der Waals surface area contributed by atoms with Crippen LogP contribution in [0.5, 0.6) is 11.9 Å². The first kappa shape index (κ1) is 21.4. The molecule has 1 aromatic heterocycles. The Morgan fingerprint density at radius 3 is 2.34 bits per heavy atom. The minimum Gasteiger partial charge on any atom is -0.467 e. The fraction of sp³-hybridized carbons (Fsp3) is 0.500. The molecule has 0 spiro atoms. The molecule has 9 heteroatoms. The van der Waals surface area contributed by atoms with Gasteiger partial charge in [0.15, 0.2) is 0 Å². The second kappa shape index (κ2) is 9.47. The first-order chi connectivity index (χ1) is 14.0. The highest BCUT2D eigenvalue weighted by molar-refractivity contribution is 5.33. The molecule has 1 fully saturated rings. The van der Waals surface area contributed by atoms with Crippen LogP contribution in [0, 0.1) is 0 Å². The van der Waals surface area contributed by atoms with Gasteiger partial charge in [-0.1, -0.05) is 31.2 Å². The summed E-state index contributed by atoms with van der Waals surface area (Å²) in [5.41, 5.74) is 2.85. The summed E-state index contributed by atoms with van der Waals surface area (Å²) in [5, 5.41) is 39.5. The largest absolute Gasteiger partial charge is 0.467 e. The van der Waals surface area contributed by atoms with Gasteiger partial charge in [0.1, 0.15) is 24.4 Å². The van der Waals surface area contributed by atoms with E-state index in [0.717, 1.165) is 12.0 Å². The summed E-state index contributed by atoms with van der Waals surface area (Å²) in [7, 11) is 1.41. The number of nitrogens with zero attached hydrogens (tertiary/aromatic N) is 2. The summed E-state index contributed by atoms with van der Waals surface area (Å²) >= 11 is 0. The average Bonchev–Trinajstić information content (AvgIpc) is 2.75. The SMILES string of the molecule is CCc1ccc(Cc2cnc(OC)nc2OC2OC(CO)C(O)C(O)C2O)cc1. The Morgan fingerprint density at radius 2 is 1.72 bits per heavy atom. The van der Waals surface area contributed by atoms with E-state index in [0.29, 0.717) is 12.0 Å². The van der Waals surface area contributed by atoms with Gasteiger partial charge in [-0.15, -0.1) is 0 Å². The Hall–Kier alpha value is -2.30. The molecule has 1 aromatic carbocycles. The third-order valence-electron chi connectivity index (χ3n) is 4.89. The summed E-state index contributed by atoms with van der Waals surface area (Å²) in [6, 6.07) is 8.14. The average molecular weight is 406 g/mol. The molecule has 29 heavy (non-hydrogen) atoms. The predicted molar refractivity (Wildman–Crippen MR) is 102 cm³/mol. The number of hydrogen-bond donors (Lipinski definition) is 4. The molecule has 2 heterocycles. The van der Waals surface area contributed by atoms with Crippen LogP contribution < -0.4 is 9.47 Å². The van der Waals surface area contributed by atoms with E-state index >= 15 is 0 Å². The molecule has 0 amide bonds. The summed E-state index contributed by atoms with van der Waals surface area (Å²) in [4.78, 5) is 8.30. The van der Waals surface area contributed by atoms with Crippen molar-refractivity contribution in [2.45, 2.75) is 50.5 Å². The lowest BCUT2D eigenvalue weighted by Crippen LogP contribution is -2.60. The normalized spacial score (nSPS) is 26.9. The van der Waals surface area contributed by atoms with E-state index in [9.17, 15) is 20.4 Å². The van der Waals surface area contributed by atoms with E-state index in [1.807, 2.05) is 24.3 Å². The van der Waals surface area contributed by atoms with Gasteiger partial charge in [-0.05, 0) is 17.5 Å². The monoisotopic (exact) mass is 406 g/mol. The summed E-state index contributed by atoms with van der Waals surface area (Å²) in [6.07, 6.45) is -4.01. The van der Waals surface area contributed by atoms with Crippen LogP contribution in [-0.4, -0.2) is 74.8 Å². The molecule has 0 aliphatic carbocycles. The number of aliphatic hydroxyl groups is 4. The van der Waals surface area contributed by atoms with Crippen LogP contribution in [0.25, 0.3) is 0 Å². The van der Waals surface area contributed by atoms with Gasteiger partial charge in [-0.2, -0.15) is 4.98 Å². The fourth-order valence-electron chi connectivity index (χ4n) is 3.09. The molecule has 5 unspecified atom stereocenters. The molecule has 3 rings (SSSR count). The molecule has 2 aromatic rings. The van der Waals surface area contributed by atoms with Crippen molar-refractivity contribution in [3.05, 3.63) is 47.2 Å². The van der Waals surface area contributed by atoms with Gasteiger partial charge in [0.05, 0.1) is 13.7 Å². The zero-order valence-corrected chi connectivity index (χ0v) is 16.3. The third-order valence-corrected chi connectivity index (χ3v) is 4.89. The molecular weight excluding hydrogens is 380 g/mol. The van der Waals surface area contributed by atoms with Crippen molar-refractivity contribution < 1.29 is 34.6 Å². The maximum atomic E-state index is 10.2. The molecule has 1 aliphatic rings. The van der Waals surface area contributed by atoms with Crippen molar-refractivity contribution in [2.75, 3.05) is 13.7 Å².